The van der Waals surface area contributed by atoms with Crippen molar-refractivity contribution in [2.24, 2.45) is 0 Å². The highest BCUT2D eigenvalue weighted by Crippen LogP contribution is 2.32. The van der Waals surface area contributed by atoms with Crippen LogP contribution in [0, 0.1) is 0 Å². The highest BCUT2D eigenvalue weighted by atomic mass is 32.2. The summed E-state index contributed by atoms with van der Waals surface area (Å²) in [5.74, 6) is -0.752. The summed E-state index contributed by atoms with van der Waals surface area (Å²) < 4.78 is 61.6. The lowest BCUT2D eigenvalue weighted by Crippen LogP contribution is -2.18. The second kappa shape index (κ2) is 5.62. The van der Waals surface area contributed by atoms with Crippen molar-refractivity contribution in [3.63, 3.8) is 0 Å². The molecule has 0 atom stereocenters. The smallest absolute Gasteiger partial charge is 0.321 e. The van der Waals surface area contributed by atoms with Crippen molar-refractivity contribution in [1.82, 2.24) is 9.78 Å². The lowest BCUT2D eigenvalue weighted by molar-refractivity contribution is -0.142. The molecule has 0 radical (unpaired) electrons. The van der Waals surface area contributed by atoms with Crippen molar-refractivity contribution >= 4 is 21.4 Å². The monoisotopic (exact) mass is 359 g/mol. The molecule has 0 fully saturated rings. The summed E-state index contributed by atoms with van der Waals surface area (Å²) in [5.41, 5.74) is 0.645. The number of nitrogens with zero attached hydrogens (tertiary/aromatic N) is 2. The van der Waals surface area contributed by atoms with Gasteiger partial charge in [0, 0.05) is 6.20 Å². The molecule has 1 amide bonds. The average molecular weight is 359 g/mol. The molecule has 10 heteroatoms. The van der Waals surface area contributed by atoms with Crippen LogP contribution in [0.1, 0.15) is 15.9 Å². The van der Waals surface area contributed by atoms with Gasteiger partial charge in [0.1, 0.15) is 6.54 Å². The predicted octanol–water partition coefficient (Wildman–Crippen LogP) is 2.03. The number of aromatic nitrogens is 2. The van der Waals surface area contributed by atoms with E-state index in [0.717, 1.165) is 12.4 Å². The molecule has 2 heterocycles. The maximum absolute atomic E-state index is 12.3. The van der Waals surface area contributed by atoms with Crippen molar-refractivity contribution < 1.29 is 26.4 Å². The van der Waals surface area contributed by atoms with Crippen LogP contribution in [-0.2, 0) is 22.8 Å². The number of benzene rings is 1. The molecule has 3 rings (SSSR count). The highest BCUT2D eigenvalue weighted by molar-refractivity contribution is 7.91. The quantitative estimate of drug-likeness (QED) is 0.909. The van der Waals surface area contributed by atoms with Gasteiger partial charge < -0.3 is 5.32 Å². The Kier molecular flexibility index (Phi) is 3.86. The second-order valence-electron chi connectivity index (χ2n) is 5.36. The molecule has 2 aromatic rings. The Morgan fingerprint density at radius 1 is 1.33 bits per heavy atom. The number of halogens is 3. The fourth-order valence-electron chi connectivity index (χ4n) is 2.54. The maximum atomic E-state index is 12.3. The molecule has 0 spiro atoms. The zero-order valence-electron chi connectivity index (χ0n) is 12.2. The van der Waals surface area contributed by atoms with Crippen molar-refractivity contribution in [3.8, 4) is 0 Å². The van der Waals surface area contributed by atoms with E-state index in [1.165, 1.54) is 6.07 Å². The first-order chi connectivity index (χ1) is 11.2. The summed E-state index contributed by atoms with van der Waals surface area (Å²) in [6.45, 7) is -1.31. The van der Waals surface area contributed by atoms with Crippen molar-refractivity contribution in [2.45, 2.75) is 24.0 Å². The van der Waals surface area contributed by atoms with Gasteiger partial charge in [-0.2, -0.15) is 18.3 Å². The molecule has 1 aromatic heterocycles. The second-order valence-corrected chi connectivity index (χ2v) is 7.40. The summed E-state index contributed by atoms with van der Waals surface area (Å²) in [6, 6.07) is 4.72. The Morgan fingerprint density at radius 2 is 2.08 bits per heavy atom. The van der Waals surface area contributed by atoms with E-state index in [4.69, 9.17) is 0 Å². The first-order valence-corrected chi connectivity index (χ1v) is 8.56. The van der Waals surface area contributed by atoms with E-state index in [9.17, 15) is 26.4 Å². The first-order valence-electron chi connectivity index (χ1n) is 6.91. The van der Waals surface area contributed by atoms with Crippen LogP contribution >= 0.6 is 0 Å². The largest absolute Gasteiger partial charge is 0.408 e. The van der Waals surface area contributed by atoms with Gasteiger partial charge >= 0.3 is 6.18 Å². The summed E-state index contributed by atoms with van der Waals surface area (Å²) in [5, 5.41) is 5.92. The third-order valence-corrected chi connectivity index (χ3v) is 5.38. The minimum absolute atomic E-state index is 0.0290. The van der Waals surface area contributed by atoms with E-state index in [-0.39, 0.29) is 21.9 Å². The van der Waals surface area contributed by atoms with Crippen molar-refractivity contribution in [2.75, 3.05) is 11.1 Å². The minimum atomic E-state index is -4.45. The van der Waals surface area contributed by atoms with Gasteiger partial charge in [-0.25, -0.2) is 8.42 Å². The number of carbonyl (C=O) groups is 1. The molecule has 1 aromatic carbocycles. The molecule has 0 saturated heterocycles. The lowest BCUT2D eigenvalue weighted by atomic mass is 10.1. The zero-order valence-corrected chi connectivity index (χ0v) is 13.0. The van der Waals surface area contributed by atoms with Crippen LogP contribution in [0.15, 0.2) is 35.5 Å². The molecular formula is C14H12F3N3O3S. The van der Waals surface area contributed by atoms with Gasteiger partial charge in [0.15, 0.2) is 9.84 Å². The summed E-state index contributed by atoms with van der Waals surface area (Å²) in [6.07, 6.45) is -2.13. The number of anilines is 1. The number of hydrogen-bond donors (Lipinski definition) is 1. The molecule has 0 saturated carbocycles. The SMILES string of the molecule is O=C(Nc1cccc2c1S(=O)(=O)CC2)c1cnn(CC(F)(F)F)c1. The summed E-state index contributed by atoms with van der Waals surface area (Å²) >= 11 is 0. The molecule has 1 N–H and O–H groups in total. The fraction of sp³-hybridized carbons (Fsp3) is 0.286. The normalized spacial score (nSPS) is 16.0. The molecule has 24 heavy (non-hydrogen) atoms. The number of fused-ring (bicyclic) bond motifs is 1. The van der Waals surface area contributed by atoms with E-state index in [2.05, 4.69) is 10.4 Å². The molecule has 1 aliphatic heterocycles. The molecular weight excluding hydrogens is 347 g/mol. The topological polar surface area (TPSA) is 81.1 Å². The van der Waals surface area contributed by atoms with Crippen molar-refractivity contribution in [3.05, 3.63) is 41.7 Å². The Hall–Kier alpha value is -2.36. The molecule has 0 bridgehead atoms. The third kappa shape index (κ3) is 3.28. The number of carbonyl (C=O) groups excluding carboxylic acids is 1. The molecule has 1 aliphatic rings. The standard InChI is InChI=1S/C14H12F3N3O3S/c15-14(16,17)8-20-7-10(6-18-20)13(21)19-11-3-1-2-9-4-5-24(22,23)12(9)11/h1-3,6-7H,4-5,8H2,(H,19,21). The number of rotatable bonds is 3. The number of amides is 1. The van der Waals surface area contributed by atoms with Crippen LogP contribution < -0.4 is 5.32 Å². The van der Waals surface area contributed by atoms with E-state index in [1.807, 2.05) is 0 Å². The highest BCUT2D eigenvalue weighted by Gasteiger charge is 2.30. The van der Waals surface area contributed by atoms with Crippen LogP contribution in [-0.4, -0.2) is 36.0 Å². The molecule has 0 unspecified atom stereocenters. The predicted molar refractivity (Wildman–Crippen MR) is 78.4 cm³/mol. The molecule has 6 nitrogen and oxygen atoms in total. The molecule has 128 valence electrons. The van der Waals surface area contributed by atoms with Crippen LogP contribution in [0.3, 0.4) is 0 Å². The first kappa shape index (κ1) is 16.5. The maximum Gasteiger partial charge on any atom is 0.408 e. The van der Waals surface area contributed by atoms with Crippen LogP contribution in [0.5, 0.6) is 0 Å². The Morgan fingerprint density at radius 3 is 2.79 bits per heavy atom. The van der Waals surface area contributed by atoms with E-state index in [1.54, 1.807) is 12.1 Å². The number of nitrogens with one attached hydrogen (secondary N) is 1. The van der Waals surface area contributed by atoms with Gasteiger partial charge in [0.25, 0.3) is 5.91 Å². The van der Waals surface area contributed by atoms with Gasteiger partial charge in [-0.05, 0) is 18.1 Å². The van der Waals surface area contributed by atoms with Crippen LogP contribution in [0.4, 0.5) is 18.9 Å². The van der Waals surface area contributed by atoms with Gasteiger partial charge in [-0.15, -0.1) is 0 Å². The average Bonchev–Trinajstić information content (AvgIpc) is 3.03. The summed E-state index contributed by atoms with van der Waals surface area (Å²) in [4.78, 5) is 12.2. The Labute approximate surface area is 135 Å². The van der Waals surface area contributed by atoms with Gasteiger partial charge in [-0.1, -0.05) is 12.1 Å². The summed E-state index contributed by atoms with van der Waals surface area (Å²) in [7, 11) is -3.47. The van der Waals surface area contributed by atoms with Crippen LogP contribution in [0.25, 0.3) is 0 Å². The lowest BCUT2D eigenvalue weighted by Gasteiger charge is -2.09. The zero-order chi connectivity index (χ0) is 17.5. The number of sulfone groups is 1. The number of hydrogen-bond acceptors (Lipinski definition) is 4. The van der Waals surface area contributed by atoms with Crippen LogP contribution in [0.2, 0.25) is 0 Å². The fourth-order valence-corrected chi connectivity index (χ4v) is 4.26. The van der Waals surface area contributed by atoms with Crippen molar-refractivity contribution in [1.29, 1.82) is 0 Å². The van der Waals surface area contributed by atoms with E-state index >= 15 is 0 Å². The van der Waals surface area contributed by atoms with Gasteiger partial charge in [0.2, 0.25) is 0 Å². The number of alkyl halides is 3. The van der Waals surface area contributed by atoms with E-state index < -0.39 is 28.5 Å². The van der Waals surface area contributed by atoms with E-state index in [0.29, 0.717) is 16.7 Å². The Balaban J connectivity index is 1.84. The molecule has 0 aliphatic carbocycles. The van der Waals surface area contributed by atoms with Gasteiger partial charge in [-0.3, -0.25) is 9.48 Å². The third-order valence-electron chi connectivity index (χ3n) is 3.53. The number of aryl methyl sites for hydroxylation is 1. The minimum Gasteiger partial charge on any atom is -0.321 e. The van der Waals surface area contributed by atoms with Gasteiger partial charge in [0.05, 0.1) is 28.1 Å². The Bertz CT molecular complexity index is 903.